The zero-order chi connectivity index (χ0) is 34.5. The summed E-state index contributed by atoms with van der Waals surface area (Å²) >= 11 is 0. The number of piperidine rings is 1. The van der Waals surface area contributed by atoms with Crippen LogP contribution in [0.2, 0.25) is 0 Å². The van der Waals surface area contributed by atoms with Crippen molar-refractivity contribution in [3.63, 3.8) is 0 Å². The molecule has 252 valence electrons. The molecule has 1 unspecified atom stereocenters. The Labute approximate surface area is 280 Å². The Morgan fingerprint density at radius 1 is 1.25 bits per heavy atom. The van der Waals surface area contributed by atoms with E-state index in [1.165, 1.54) is 12.2 Å². The minimum atomic E-state index is -0.706. The van der Waals surface area contributed by atoms with E-state index in [0.717, 1.165) is 18.4 Å². The highest BCUT2D eigenvalue weighted by Crippen LogP contribution is 2.44. The first-order chi connectivity index (χ1) is 23.1. The molecule has 4 N–H and O–H groups in total. The number of hydrogen-bond donors (Lipinski definition) is 2. The normalized spacial score (nSPS) is 14.6. The van der Waals surface area contributed by atoms with Crippen LogP contribution >= 0.6 is 0 Å². The van der Waals surface area contributed by atoms with Crippen LogP contribution < -0.4 is 21.3 Å². The second-order valence-electron chi connectivity index (χ2n) is 12.5. The first-order valence-electron chi connectivity index (χ1n) is 16.3. The molecule has 1 fully saturated rings. The van der Waals surface area contributed by atoms with Crippen molar-refractivity contribution in [3.05, 3.63) is 71.6 Å². The number of hydrazine groups is 1. The van der Waals surface area contributed by atoms with Gasteiger partial charge in [-0.25, -0.2) is 19.6 Å². The van der Waals surface area contributed by atoms with Gasteiger partial charge < -0.3 is 25.3 Å². The second-order valence-corrected chi connectivity index (χ2v) is 12.5. The first-order valence-corrected chi connectivity index (χ1v) is 16.3. The number of carbonyl (C=O) groups is 1. The molecule has 0 bridgehead atoms. The SMILES string of the molecule is CCCN(C)CC(C)Oc1nc2c(F)c(-c3cccc4cccc(C#N)c34)c(C)cc2c(N(N)C2CCN(C(=O)/C=C/CF)CC2)c1N. The quantitative estimate of drug-likeness (QED) is 0.110. The molecule has 1 atom stereocenters. The number of hydrogen-bond acceptors (Lipinski definition) is 8. The number of alkyl halides is 1. The van der Waals surface area contributed by atoms with Gasteiger partial charge in [0.25, 0.3) is 0 Å². The molecular formula is C37H43F2N7O2. The van der Waals surface area contributed by atoms with Gasteiger partial charge in [-0.3, -0.25) is 4.79 Å². The lowest BCUT2D eigenvalue weighted by molar-refractivity contribution is -0.127. The van der Waals surface area contributed by atoms with E-state index in [9.17, 15) is 14.4 Å². The van der Waals surface area contributed by atoms with Crippen molar-refractivity contribution >= 4 is 39.0 Å². The molecule has 1 aliphatic rings. The standard InChI is InChI=1S/C37H43F2N7O2/c1-5-17-44(4)22-24(3)48-37-34(41)36(46(42)27-14-18-45(19-15-27)30(47)13-8-16-38)29-20-23(2)31(33(39)35(29)43-37)28-12-7-10-25-9-6-11-26(21-40)32(25)28/h6-13,20,24,27H,5,14-19,22,41-42H2,1-4H3/b13-8+. The predicted molar refractivity (Wildman–Crippen MR) is 188 cm³/mol. The molecule has 1 amide bonds. The van der Waals surface area contributed by atoms with E-state index >= 15 is 4.39 Å². The number of nitrogens with zero attached hydrogens (tertiary/aromatic N) is 5. The number of amides is 1. The largest absolute Gasteiger partial charge is 0.472 e. The van der Waals surface area contributed by atoms with Crippen LogP contribution in [-0.2, 0) is 4.79 Å². The van der Waals surface area contributed by atoms with Gasteiger partial charge in [0.15, 0.2) is 5.82 Å². The molecule has 1 aliphatic heterocycles. The Bertz CT molecular complexity index is 1880. The summed E-state index contributed by atoms with van der Waals surface area (Å²) in [6, 6.07) is 14.9. The minimum absolute atomic E-state index is 0.0507. The molecule has 4 aromatic rings. The summed E-state index contributed by atoms with van der Waals surface area (Å²) in [4.78, 5) is 21.0. The Morgan fingerprint density at radius 2 is 1.96 bits per heavy atom. The Kier molecular flexibility index (Phi) is 10.8. The van der Waals surface area contributed by atoms with Crippen LogP contribution in [0.3, 0.4) is 0 Å². The maximum atomic E-state index is 17.1. The number of anilines is 2. The number of halogens is 2. The Hall–Kier alpha value is -4.79. The maximum absolute atomic E-state index is 17.1. The lowest BCUT2D eigenvalue weighted by Gasteiger charge is -2.38. The molecule has 5 rings (SSSR count). The molecule has 0 aliphatic carbocycles. The fourth-order valence-corrected chi connectivity index (χ4v) is 6.74. The number of ether oxygens (including phenoxy) is 1. The van der Waals surface area contributed by atoms with Crippen LogP contribution in [0.4, 0.5) is 20.2 Å². The average molecular weight is 656 g/mol. The van der Waals surface area contributed by atoms with E-state index in [0.29, 0.717) is 71.2 Å². The number of pyridine rings is 1. The number of carbonyl (C=O) groups excluding carboxylic acids is 1. The average Bonchev–Trinajstić information content (AvgIpc) is 3.07. The molecule has 11 heteroatoms. The summed E-state index contributed by atoms with van der Waals surface area (Å²) in [6.07, 6.45) is 4.16. The van der Waals surface area contributed by atoms with Crippen molar-refractivity contribution in [2.75, 3.05) is 50.6 Å². The lowest BCUT2D eigenvalue weighted by Crippen LogP contribution is -2.49. The molecular weight excluding hydrogens is 612 g/mol. The smallest absolute Gasteiger partial charge is 0.246 e. The van der Waals surface area contributed by atoms with E-state index < -0.39 is 12.5 Å². The zero-order valence-electron chi connectivity index (χ0n) is 28.0. The number of benzene rings is 3. The molecule has 0 radical (unpaired) electrons. The van der Waals surface area contributed by atoms with Crippen molar-refractivity contribution < 1.29 is 18.3 Å². The number of nitrogen functional groups attached to an aromatic ring is 1. The number of aromatic nitrogens is 1. The van der Waals surface area contributed by atoms with Crippen molar-refractivity contribution in [3.8, 4) is 23.1 Å². The van der Waals surface area contributed by atoms with Gasteiger partial charge in [0, 0.05) is 48.1 Å². The van der Waals surface area contributed by atoms with Crippen LogP contribution in [0.1, 0.15) is 44.2 Å². The van der Waals surface area contributed by atoms with Gasteiger partial charge in [-0.1, -0.05) is 37.3 Å². The van der Waals surface area contributed by atoms with Crippen molar-refractivity contribution in [2.45, 2.75) is 52.2 Å². The molecule has 0 saturated carbocycles. The highest BCUT2D eigenvalue weighted by atomic mass is 19.1. The van der Waals surface area contributed by atoms with Crippen molar-refractivity contribution in [1.82, 2.24) is 14.8 Å². The van der Waals surface area contributed by atoms with E-state index in [2.05, 4.69) is 17.9 Å². The van der Waals surface area contributed by atoms with E-state index in [-0.39, 0.29) is 35.1 Å². The van der Waals surface area contributed by atoms with Crippen LogP contribution in [0.5, 0.6) is 5.88 Å². The van der Waals surface area contributed by atoms with Crippen LogP contribution in [0.15, 0.2) is 54.6 Å². The van der Waals surface area contributed by atoms with Crippen LogP contribution in [0.25, 0.3) is 32.8 Å². The van der Waals surface area contributed by atoms with Gasteiger partial charge in [-0.2, -0.15) is 5.26 Å². The summed E-state index contributed by atoms with van der Waals surface area (Å²) in [5.41, 5.74) is 9.43. The molecule has 2 heterocycles. The number of aryl methyl sites for hydroxylation is 1. The number of rotatable bonds is 11. The number of likely N-dealkylation sites (N-methyl/N-ethyl adjacent to an activating group) is 1. The van der Waals surface area contributed by atoms with Crippen molar-refractivity contribution in [2.24, 2.45) is 5.84 Å². The predicted octanol–water partition coefficient (Wildman–Crippen LogP) is 6.26. The topological polar surface area (TPSA) is 125 Å². The van der Waals surface area contributed by atoms with Gasteiger partial charge in [0.05, 0.1) is 17.3 Å². The van der Waals surface area contributed by atoms with Gasteiger partial charge in [-0.15, -0.1) is 0 Å². The maximum Gasteiger partial charge on any atom is 0.246 e. The minimum Gasteiger partial charge on any atom is -0.472 e. The number of likely N-dealkylation sites (tertiary alicyclic amines) is 1. The van der Waals surface area contributed by atoms with Gasteiger partial charge >= 0.3 is 0 Å². The second kappa shape index (κ2) is 15.0. The number of fused-ring (bicyclic) bond motifs is 2. The number of nitriles is 1. The zero-order valence-corrected chi connectivity index (χ0v) is 28.0. The highest BCUT2D eigenvalue weighted by molar-refractivity contribution is 6.06. The third-order valence-electron chi connectivity index (χ3n) is 8.95. The fourth-order valence-electron chi connectivity index (χ4n) is 6.74. The molecule has 0 spiro atoms. The molecule has 3 aromatic carbocycles. The monoisotopic (exact) mass is 655 g/mol. The molecule has 1 saturated heterocycles. The lowest BCUT2D eigenvalue weighted by atomic mass is 9.90. The Morgan fingerprint density at radius 3 is 2.62 bits per heavy atom. The van der Waals surface area contributed by atoms with Crippen molar-refractivity contribution in [1.29, 1.82) is 5.26 Å². The summed E-state index contributed by atoms with van der Waals surface area (Å²) in [5, 5.41) is 13.4. The summed E-state index contributed by atoms with van der Waals surface area (Å²) in [6.45, 7) is 7.45. The van der Waals surface area contributed by atoms with E-state index in [1.54, 1.807) is 16.0 Å². The van der Waals surface area contributed by atoms with Gasteiger partial charge in [0.1, 0.15) is 24.0 Å². The van der Waals surface area contributed by atoms with Gasteiger partial charge in [0.2, 0.25) is 11.8 Å². The third kappa shape index (κ3) is 6.91. The summed E-state index contributed by atoms with van der Waals surface area (Å²) in [5.74, 6) is 6.12. The van der Waals surface area contributed by atoms with E-state index in [1.807, 2.05) is 57.3 Å². The van der Waals surface area contributed by atoms with Crippen LogP contribution in [-0.4, -0.2) is 72.7 Å². The molecule has 1 aromatic heterocycles. The van der Waals surface area contributed by atoms with Gasteiger partial charge in [-0.05, 0) is 81.4 Å². The third-order valence-corrected chi connectivity index (χ3v) is 8.95. The summed E-state index contributed by atoms with van der Waals surface area (Å²) < 4.78 is 36.0. The molecule has 48 heavy (non-hydrogen) atoms. The highest BCUT2D eigenvalue weighted by Gasteiger charge is 2.30. The van der Waals surface area contributed by atoms with Crippen LogP contribution in [0, 0.1) is 24.1 Å². The number of nitrogens with two attached hydrogens (primary N) is 2. The van der Waals surface area contributed by atoms with E-state index in [4.69, 9.17) is 21.3 Å². The fraction of sp³-hybridized carbons (Fsp3) is 0.378. The Balaban J connectivity index is 1.64. The first kappa shape index (κ1) is 34.5. The molecule has 9 nitrogen and oxygen atoms in total. The summed E-state index contributed by atoms with van der Waals surface area (Å²) in [7, 11) is 2.01. The number of allylic oxidation sites excluding steroid dienone is 1.